The molecule has 0 aromatic carbocycles. The third-order valence-corrected chi connectivity index (χ3v) is 3.51. The van der Waals surface area contributed by atoms with Crippen LogP contribution in [0.1, 0.15) is 42.8 Å². The number of hydrogen-bond donors (Lipinski definition) is 1. The van der Waals surface area contributed by atoms with E-state index in [9.17, 15) is 0 Å². The number of nitrogens with zero attached hydrogens (tertiary/aromatic N) is 2. The minimum atomic E-state index is 0.429. The van der Waals surface area contributed by atoms with Gasteiger partial charge in [0, 0.05) is 24.4 Å². The third-order valence-electron chi connectivity index (χ3n) is 3.51. The van der Waals surface area contributed by atoms with Gasteiger partial charge in [0.15, 0.2) is 0 Å². The molecule has 1 aliphatic rings. The lowest BCUT2D eigenvalue weighted by atomic mass is 10.1. The van der Waals surface area contributed by atoms with Crippen LogP contribution in [-0.2, 0) is 11.3 Å². The average Bonchev–Trinajstić information content (AvgIpc) is 2.64. The van der Waals surface area contributed by atoms with Gasteiger partial charge in [0.05, 0.1) is 18.3 Å². The van der Waals surface area contributed by atoms with Crippen molar-refractivity contribution < 1.29 is 4.74 Å². The van der Waals surface area contributed by atoms with Crippen molar-refractivity contribution in [3.05, 3.63) is 17.0 Å². The van der Waals surface area contributed by atoms with Gasteiger partial charge in [0.25, 0.3) is 0 Å². The predicted molar refractivity (Wildman–Crippen MR) is 68.2 cm³/mol. The maximum Gasteiger partial charge on any atom is 0.0756 e. The normalized spacial score (nSPS) is 20.8. The van der Waals surface area contributed by atoms with E-state index >= 15 is 0 Å². The van der Waals surface area contributed by atoms with Gasteiger partial charge >= 0.3 is 0 Å². The summed E-state index contributed by atoms with van der Waals surface area (Å²) in [6.45, 7) is 10.0. The second kappa shape index (κ2) is 5.65. The molecule has 1 atom stereocenters. The zero-order valence-corrected chi connectivity index (χ0v) is 11.1. The molecule has 4 heteroatoms. The van der Waals surface area contributed by atoms with E-state index in [-0.39, 0.29) is 0 Å². The summed E-state index contributed by atoms with van der Waals surface area (Å²) in [6.07, 6.45) is 2.33. The van der Waals surface area contributed by atoms with Gasteiger partial charge in [-0.25, -0.2) is 0 Å². The molecule has 2 heterocycles. The standard InChI is InChI=1S/C13H23N3O/c1-4-14-8-13-10(2)15-16(11(13)3)12-6-5-7-17-9-12/h12,14H,4-9H2,1-3H3. The first kappa shape index (κ1) is 12.6. The van der Waals surface area contributed by atoms with Gasteiger partial charge in [0.1, 0.15) is 0 Å². The summed E-state index contributed by atoms with van der Waals surface area (Å²) in [7, 11) is 0. The fraction of sp³-hybridized carbons (Fsp3) is 0.769. The lowest BCUT2D eigenvalue weighted by Crippen LogP contribution is -2.23. The van der Waals surface area contributed by atoms with E-state index in [1.54, 1.807) is 0 Å². The predicted octanol–water partition coefficient (Wildman–Crippen LogP) is 1.96. The van der Waals surface area contributed by atoms with Gasteiger partial charge in [-0.3, -0.25) is 4.68 Å². The molecule has 17 heavy (non-hydrogen) atoms. The Hall–Kier alpha value is -0.870. The van der Waals surface area contributed by atoms with Crippen molar-refractivity contribution in [3.63, 3.8) is 0 Å². The van der Waals surface area contributed by atoms with Crippen LogP contribution in [0.3, 0.4) is 0 Å². The molecule has 1 N–H and O–H groups in total. The van der Waals surface area contributed by atoms with Gasteiger partial charge in [-0.05, 0) is 33.2 Å². The molecular formula is C13H23N3O. The molecule has 1 aromatic rings. The largest absolute Gasteiger partial charge is 0.379 e. The van der Waals surface area contributed by atoms with Crippen LogP contribution >= 0.6 is 0 Å². The lowest BCUT2D eigenvalue weighted by molar-refractivity contribution is 0.0541. The Bertz CT molecular complexity index is 367. The van der Waals surface area contributed by atoms with E-state index in [2.05, 4.69) is 35.9 Å². The van der Waals surface area contributed by atoms with Crippen molar-refractivity contribution in [3.8, 4) is 0 Å². The maximum atomic E-state index is 5.55. The number of aromatic nitrogens is 2. The molecule has 1 fully saturated rings. The van der Waals surface area contributed by atoms with E-state index in [0.717, 1.165) is 38.4 Å². The van der Waals surface area contributed by atoms with Crippen molar-refractivity contribution in [2.24, 2.45) is 0 Å². The van der Waals surface area contributed by atoms with Crippen LogP contribution in [-0.4, -0.2) is 29.5 Å². The highest BCUT2D eigenvalue weighted by atomic mass is 16.5. The molecule has 1 saturated heterocycles. The quantitative estimate of drug-likeness (QED) is 0.870. The zero-order valence-electron chi connectivity index (χ0n) is 11.1. The van der Waals surface area contributed by atoms with E-state index in [4.69, 9.17) is 4.74 Å². The SMILES string of the molecule is CCNCc1c(C)nn(C2CCCOC2)c1C. The molecule has 4 nitrogen and oxygen atoms in total. The van der Waals surface area contributed by atoms with E-state index in [1.165, 1.54) is 17.7 Å². The Balaban J connectivity index is 2.17. The van der Waals surface area contributed by atoms with Crippen molar-refractivity contribution in [2.75, 3.05) is 19.8 Å². The molecule has 0 radical (unpaired) electrons. The second-order valence-corrected chi connectivity index (χ2v) is 4.75. The Morgan fingerprint density at radius 2 is 2.29 bits per heavy atom. The summed E-state index contributed by atoms with van der Waals surface area (Å²) in [5.74, 6) is 0. The molecule has 1 aromatic heterocycles. The summed E-state index contributed by atoms with van der Waals surface area (Å²) >= 11 is 0. The summed E-state index contributed by atoms with van der Waals surface area (Å²) in [5.41, 5.74) is 3.78. The first-order chi connectivity index (χ1) is 8.24. The smallest absolute Gasteiger partial charge is 0.0756 e. The minimum absolute atomic E-state index is 0.429. The fourth-order valence-electron chi connectivity index (χ4n) is 2.47. The molecule has 0 aliphatic carbocycles. The lowest BCUT2D eigenvalue weighted by Gasteiger charge is -2.23. The van der Waals surface area contributed by atoms with Gasteiger partial charge < -0.3 is 10.1 Å². The Morgan fingerprint density at radius 3 is 2.94 bits per heavy atom. The van der Waals surface area contributed by atoms with Crippen LogP contribution in [0.15, 0.2) is 0 Å². The first-order valence-electron chi connectivity index (χ1n) is 6.57. The first-order valence-corrected chi connectivity index (χ1v) is 6.57. The fourth-order valence-corrected chi connectivity index (χ4v) is 2.47. The third kappa shape index (κ3) is 2.69. The Labute approximate surface area is 103 Å². The minimum Gasteiger partial charge on any atom is -0.379 e. The second-order valence-electron chi connectivity index (χ2n) is 4.75. The van der Waals surface area contributed by atoms with Gasteiger partial charge in [0.2, 0.25) is 0 Å². The molecule has 96 valence electrons. The van der Waals surface area contributed by atoms with E-state index in [1.807, 2.05) is 0 Å². The summed E-state index contributed by atoms with van der Waals surface area (Å²) in [4.78, 5) is 0. The molecule has 0 saturated carbocycles. The van der Waals surface area contributed by atoms with Crippen LogP contribution in [0.2, 0.25) is 0 Å². The number of aryl methyl sites for hydroxylation is 1. The molecule has 1 unspecified atom stereocenters. The monoisotopic (exact) mass is 237 g/mol. The number of ether oxygens (including phenoxy) is 1. The molecule has 0 spiro atoms. The highest BCUT2D eigenvalue weighted by Crippen LogP contribution is 2.23. The molecule has 0 bridgehead atoms. The van der Waals surface area contributed by atoms with Gasteiger partial charge in [-0.2, -0.15) is 5.10 Å². The van der Waals surface area contributed by atoms with Crippen LogP contribution in [0, 0.1) is 13.8 Å². The van der Waals surface area contributed by atoms with E-state index < -0.39 is 0 Å². The highest BCUT2D eigenvalue weighted by molar-refractivity contribution is 5.24. The Morgan fingerprint density at radius 1 is 1.47 bits per heavy atom. The number of rotatable bonds is 4. The molecule has 1 aliphatic heterocycles. The van der Waals surface area contributed by atoms with Crippen molar-refractivity contribution in [2.45, 2.75) is 46.2 Å². The van der Waals surface area contributed by atoms with Crippen LogP contribution in [0.25, 0.3) is 0 Å². The molecular weight excluding hydrogens is 214 g/mol. The van der Waals surface area contributed by atoms with Crippen molar-refractivity contribution in [1.82, 2.24) is 15.1 Å². The summed E-state index contributed by atoms with van der Waals surface area (Å²) in [5, 5.41) is 8.06. The number of hydrogen-bond acceptors (Lipinski definition) is 3. The molecule has 2 rings (SSSR count). The van der Waals surface area contributed by atoms with Gasteiger partial charge in [-0.1, -0.05) is 6.92 Å². The van der Waals surface area contributed by atoms with Crippen molar-refractivity contribution >= 4 is 0 Å². The van der Waals surface area contributed by atoms with E-state index in [0.29, 0.717) is 6.04 Å². The summed E-state index contributed by atoms with van der Waals surface area (Å²) < 4.78 is 7.71. The summed E-state index contributed by atoms with van der Waals surface area (Å²) in [6, 6.07) is 0.429. The van der Waals surface area contributed by atoms with Crippen molar-refractivity contribution in [1.29, 1.82) is 0 Å². The zero-order chi connectivity index (χ0) is 12.3. The topological polar surface area (TPSA) is 39.1 Å². The van der Waals surface area contributed by atoms with Crippen LogP contribution < -0.4 is 5.32 Å². The van der Waals surface area contributed by atoms with Crippen LogP contribution in [0.4, 0.5) is 0 Å². The Kier molecular flexibility index (Phi) is 4.18. The molecule has 0 amide bonds. The highest BCUT2D eigenvalue weighted by Gasteiger charge is 2.20. The maximum absolute atomic E-state index is 5.55. The number of nitrogens with one attached hydrogen (secondary N) is 1. The van der Waals surface area contributed by atoms with Crippen LogP contribution in [0.5, 0.6) is 0 Å². The average molecular weight is 237 g/mol. The van der Waals surface area contributed by atoms with Gasteiger partial charge in [-0.15, -0.1) is 0 Å².